The van der Waals surface area contributed by atoms with E-state index in [4.69, 9.17) is 0 Å². The topological polar surface area (TPSA) is 54.9 Å². The van der Waals surface area contributed by atoms with Crippen LogP contribution in [0.1, 0.15) is 29.4 Å². The van der Waals surface area contributed by atoms with Gasteiger partial charge in [0, 0.05) is 5.56 Å². The van der Waals surface area contributed by atoms with Crippen LogP contribution in [-0.2, 0) is 30.5 Å². The number of carbonyl (C=O) groups is 1. The molecule has 0 saturated heterocycles. The van der Waals surface area contributed by atoms with Gasteiger partial charge < -0.3 is 5.32 Å². The highest BCUT2D eigenvalue weighted by atomic mass is 19.2. The first-order chi connectivity index (χ1) is 13.9. The second-order valence-electron chi connectivity index (χ2n) is 6.94. The Hall–Kier alpha value is -3.22. The molecule has 148 valence electrons. The Morgan fingerprint density at radius 3 is 2.62 bits per heavy atom. The Balaban J connectivity index is 1.61. The lowest BCUT2D eigenvalue weighted by Gasteiger charge is -2.20. The molecule has 0 atom stereocenters. The number of benzene rings is 2. The zero-order chi connectivity index (χ0) is 20.5. The summed E-state index contributed by atoms with van der Waals surface area (Å²) in [5.41, 5.74) is 4.17. The summed E-state index contributed by atoms with van der Waals surface area (Å²) in [5, 5.41) is 2.74. The monoisotopic (exact) mass is 397 g/mol. The minimum atomic E-state index is -0.992. The van der Waals surface area contributed by atoms with Gasteiger partial charge in [0.1, 0.15) is 5.82 Å². The molecule has 0 aliphatic heterocycles. The molecule has 1 heterocycles. The molecule has 1 amide bonds. The summed E-state index contributed by atoms with van der Waals surface area (Å²) in [6, 6.07) is 7.99. The highest BCUT2D eigenvalue weighted by Crippen LogP contribution is 2.33. The predicted octanol–water partition coefficient (Wildman–Crippen LogP) is 4.40. The molecule has 2 aromatic carbocycles. The molecule has 4 rings (SSSR count). The maximum Gasteiger partial charge on any atom is 0.229 e. The van der Waals surface area contributed by atoms with Crippen molar-refractivity contribution in [1.29, 1.82) is 0 Å². The van der Waals surface area contributed by atoms with Crippen molar-refractivity contribution in [2.75, 3.05) is 5.32 Å². The van der Waals surface area contributed by atoms with Crippen molar-refractivity contribution >= 4 is 11.7 Å². The van der Waals surface area contributed by atoms with Crippen LogP contribution in [0.4, 0.5) is 19.0 Å². The molecule has 1 aliphatic carbocycles. The smallest absolute Gasteiger partial charge is 0.229 e. The van der Waals surface area contributed by atoms with Crippen LogP contribution in [0, 0.1) is 17.5 Å². The molecular weight excluding hydrogens is 379 g/mol. The van der Waals surface area contributed by atoms with Gasteiger partial charge in [-0.1, -0.05) is 13.0 Å². The quantitative estimate of drug-likeness (QED) is 0.710. The van der Waals surface area contributed by atoms with Crippen LogP contribution in [-0.4, -0.2) is 15.9 Å². The number of nitrogens with zero attached hydrogens (tertiary/aromatic N) is 2. The SMILES string of the molecule is CCc1nc2c(nc1NC(=O)Cc1ccc(F)c(F)c1)CCc1cc(F)ccc1-2. The first kappa shape index (κ1) is 19.1. The number of anilines is 1. The summed E-state index contributed by atoms with van der Waals surface area (Å²) in [6.45, 7) is 1.90. The van der Waals surface area contributed by atoms with Gasteiger partial charge in [0.25, 0.3) is 0 Å². The number of rotatable bonds is 4. The van der Waals surface area contributed by atoms with Gasteiger partial charge in [0.15, 0.2) is 17.5 Å². The molecule has 4 nitrogen and oxygen atoms in total. The summed E-state index contributed by atoms with van der Waals surface area (Å²) < 4.78 is 39.9. The summed E-state index contributed by atoms with van der Waals surface area (Å²) in [7, 11) is 0. The van der Waals surface area contributed by atoms with Crippen molar-refractivity contribution in [1.82, 2.24) is 9.97 Å². The fourth-order valence-electron chi connectivity index (χ4n) is 3.51. The van der Waals surface area contributed by atoms with Gasteiger partial charge in [-0.25, -0.2) is 23.1 Å². The number of amides is 1. The zero-order valence-corrected chi connectivity index (χ0v) is 15.7. The van der Waals surface area contributed by atoms with Crippen LogP contribution in [0.2, 0.25) is 0 Å². The molecule has 0 spiro atoms. The van der Waals surface area contributed by atoms with Crippen molar-refractivity contribution in [3.63, 3.8) is 0 Å². The van der Waals surface area contributed by atoms with Crippen LogP contribution >= 0.6 is 0 Å². The summed E-state index contributed by atoms with van der Waals surface area (Å²) in [6.07, 6.45) is 1.66. The average molecular weight is 397 g/mol. The third kappa shape index (κ3) is 3.85. The van der Waals surface area contributed by atoms with Crippen LogP contribution in [0.5, 0.6) is 0 Å². The van der Waals surface area contributed by atoms with E-state index in [1.807, 2.05) is 6.92 Å². The molecule has 1 aliphatic rings. The van der Waals surface area contributed by atoms with E-state index < -0.39 is 17.5 Å². The van der Waals surface area contributed by atoms with E-state index in [-0.39, 0.29) is 12.2 Å². The third-order valence-corrected chi connectivity index (χ3v) is 4.94. The number of halogens is 3. The minimum absolute atomic E-state index is 0.110. The first-order valence-electron chi connectivity index (χ1n) is 9.37. The van der Waals surface area contributed by atoms with Gasteiger partial charge in [-0.15, -0.1) is 0 Å². The van der Waals surface area contributed by atoms with Crippen LogP contribution in [0.15, 0.2) is 36.4 Å². The van der Waals surface area contributed by atoms with Gasteiger partial charge in [-0.05, 0) is 60.7 Å². The molecule has 3 aromatic rings. The van der Waals surface area contributed by atoms with Gasteiger partial charge >= 0.3 is 0 Å². The highest BCUT2D eigenvalue weighted by molar-refractivity contribution is 5.92. The summed E-state index contributed by atoms with van der Waals surface area (Å²) in [5.74, 6) is -2.25. The number of nitrogens with one attached hydrogen (secondary N) is 1. The van der Waals surface area contributed by atoms with E-state index in [2.05, 4.69) is 15.3 Å². The Labute approximate surface area is 165 Å². The van der Waals surface area contributed by atoms with Crippen molar-refractivity contribution in [3.8, 4) is 11.3 Å². The van der Waals surface area contributed by atoms with Gasteiger partial charge in [-0.3, -0.25) is 4.79 Å². The summed E-state index contributed by atoms with van der Waals surface area (Å²) in [4.78, 5) is 21.7. The second-order valence-corrected chi connectivity index (χ2v) is 6.94. The Morgan fingerprint density at radius 2 is 1.86 bits per heavy atom. The van der Waals surface area contributed by atoms with Crippen LogP contribution < -0.4 is 5.32 Å². The van der Waals surface area contributed by atoms with E-state index >= 15 is 0 Å². The number of aromatic nitrogens is 2. The van der Waals surface area contributed by atoms with E-state index in [9.17, 15) is 18.0 Å². The van der Waals surface area contributed by atoms with Crippen molar-refractivity contribution in [3.05, 3.63) is 76.4 Å². The molecule has 29 heavy (non-hydrogen) atoms. The Kier molecular flexibility index (Phi) is 5.05. The van der Waals surface area contributed by atoms with Gasteiger partial charge in [0.05, 0.1) is 23.5 Å². The fraction of sp³-hybridized carbons (Fsp3) is 0.227. The van der Waals surface area contributed by atoms with Gasteiger partial charge in [-0.2, -0.15) is 0 Å². The molecule has 0 unspecified atom stereocenters. The summed E-state index contributed by atoms with van der Waals surface area (Å²) >= 11 is 0. The van der Waals surface area contributed by atoms with Crippen LogP contribution in [0.3, 0.4) is 0 Å². The maximum atomic E-state index is 13.5. The van der Waals surface area contributed by atoms with E-state index in [0.29, 0.717) is 42.0 Å². The zero-order valence-electron chi connectivity index (χ0n) is 15.7. The highest BCUT2D eigenvalue weighted by Gasteiger charge is 2.22. The number of carbonyl (C=O) groups excluding carboxylic acids is 1. The van der Waals surface area contributed by atoms with Crippen LogP contribution in [0.25, 0.3) is 11.3 Å². The van der Waals surface area contributed by atoms with Crippen molar-refractivity contribution in [2.45, 2.75) is 32.6 Å². The lowest BCUT2D eigenvalue weighted by atomic mass is 9.91. The molecule has 0 fully saturated rings. The Bertz CT molecular complexity index is 1110. The molecule has 7 heteroatoms. The number of hydrogen-bond acceptors (Lipinski definition) is 3. The molecule has 0 radical (unpaired) electrons. The third-order valence-electron chi connectivity index (χ3n) is 4.94. The van der Waals surface area contributed by atoms with Crippen molar-refractivity contribution < 1.29 is 18.0 Å². The molecule has 0 bridgehead atoms. The minimum Gasteiger partial charge on any atom is -0.309 e. The fourth-order valence-corrected chi connectivity index (χ4v) is 3.51. The normalized spacial score (nSPS) is 12.3. The number of aryl methyl sites for hydroxylation is 3. The van der Waals surface area contributed by atoms with E-state index in [1.165, 1.54) is 18.2 Å². The standard InChI is InChI=1S/C22H18F3N3O/c1-2-18-22(28-20(29)10-12-3-7-16(24)17(25)9-12)27-19-8-4-13-11-14(23)5-6-15(13)21(19)26-18/h3,5-7,9,11H,2,4,8,10H2,1H3,(H,27,28,29). The molecule has 1 N–H and O–H groups in total. The maximum absolute atomic E-state index is 13.5. The first-order valence-corrected chi connectivity index (χ1v) is 9.37. The lowest BCUT2D eigenvalue weighted by molar-refractivity contribution is -0.115. The van der Waals surface area contributed by atoms with E-state index in [1.54, 1.807) is 6.07 Å². The predicted molar refractivity (Wildman–Crippen MR) is 103 cm³/mol. The number of hydrogen-bond donors (Lipinski definition) is 1. The molecular formula is C22H18F3N3O. The molecule has 0 saturated carbocycles. The van der Waals surface area contributed by atoms with Crippen molar-refractivity contribution in [2.24, 2.45) is 0 Å². The van der Waals surface area contributed by atoms with E-state index in [0.717, 1.165) is 29.0 Å². The second kappa shape index (κ2) is 7.66. The molecule has 1 aromatic heterocycles. The van der Waals surface area contributed by atoms with Gasteiger partial charge in [0.2, 0.25) is 5.91 Å². The Morgan fingerprint density at radius 1 is 1.03 bits per heavy atom. The lowest BCUT2D eigenvalue weighted by Crippen LogP contribution is -2.19. The number of fused-ring (bicyclic) bond motifs is 3. The largest absolute Gasteiger partial charge is 0.309 e. The average Bonchev–Trinajstić information content (AvgIpc) is 2.69.